The fourth-order valence-electron chi connectivity index (χ4n) is 3.87. The molecule has 0 saturated carbocycles. The van der Waals surface area contributed by atoms with Crippen molar-refractivity contribution in [3.05, 3.63) is 35.9 Å². The van der Waals surface area contributed by atoms with Gasteiger partial charge in [-0.25, -0.2) is 0 Å². The zero-order chi connectivity index (χ0) is 19.7. The normalized spacial score (nSPS) is 22.9. The van der Waals surface area contributed by atoms with Crippen molar-refractivity contribution in [3.8, 4) is 5.75 Å². The number of fused-ring (bicyclic) bond motifs is 1. The van der Waals surface area contributed by atoms with Crippen LogP contribution in [0.25, 0.3) is 0 Å². The number of hydrogen-bond acceptors (Lipinski definition) is 4. The highest BCUT2D eigenvalue weighted by Crippen LogP contribution is 2.37. The first-order valence-electron chi connectivity index (χ1n) is 9.42. The summed E-state index contributed by atoms with van der Waals surface area (Å²) in [6, 6.07) is 4.07. The number of anilines is 1. The lowest BCUT2D eigenvalue weighted by Crippen LogP contribution is -2.48. The second-order valence-electron chi connectivity index (χ2n) is 7.86. The predicted octanol–water partition coefficient (Wildman–Crippen LogP) is 3.01. The first-order valence-corrected chi connectivity index (χ1v) is 9.42. The van der Waals surface area contributed by atoms with Crippen LogP contribution >= 0.6 is 0 Å². The average molecular weight is 370 g/mol. The van der Waals surface area contributed by atoms with Crippen molar-refractivity contribution >= 4 is 23.4 Å². The van der Waals surface area contributed by atoms with Gasteiger partial charge in [0.1, 0.15) is 11.8 Å². The summed E-state index contributed by atoms with van der Waals surface area (Å²) in [6.45, 7) is 5.73. The molecular formula is C21H26N2O4. The van der Waals surface area contributed by atoms with E-state index in [2.05, 4.69) is 5.32 Å². The van der Waals surface area contributed by atoms with Crippen LogP contribution in [-0.2, 0) is 14.4 Å². The Morgan fingerprint density at radius 3 is 2.30 bits per heavy atom. The van der Waals surface area contributed by atoms with Crippen molar-refractivity contribution in [1.29, 1.82) is 0 Å². The molecule has 1 saturated heterocycles. The Balaban J connectivity index is 1.86. The molecule has 3 atom stereocenters. The zero-order valence-electron chi connectivity index (χ0n) is 15.9. The number of hydrogen-bond donors (Lipinski definition) is 2. The minimum atomic E-state index is -0.878. The summed E-state index contributed by atoms with van der Waals surface area (Å²) in [5.74, 6) is -1.62. The number of benzene rings is 1. The summed E-state index contributed by atoms with van der Waals surface area (Å²) in [4.78, 5) is 39.9. The SMILES string of the molecule is Cc1ccc(NC(=O)[C@@H](CC(C)C)N2C(=O)[C@H]3CC=CC[C@H]3C2=O)c(O)c1. The van der Waals surface area contributed by atoms with Crippen LogP contribution < -0.4 is 5.32 Å². The topological polar surface area (TPSA) is 86.7 Å². The van der Waals surface area contributed by atoms with Crippen molar-refractivity contribution < 1.29 is 19.5 Å². The fraction of sp³-hybridized carbons (Fsp3) is 0.476. The van der Waals surface area contributed by atoms with Gasteiger partial charge in [0.15, 0.2) is 0 Å². The summed E-state index contributed by atoms with van der Waals surface area (Å²) in [7, 11) is 0. The Kier molecular flexibility index (Phi) is 5.35. The van der Waals surface area contributed by atoms with E-state index in [1.807, 2.05) is 32.9 Å². The third-order valence-electron chi connectivity index (χ3n) is 5.26. The molecule has 3 amide bonds. The van der Waals surface area contributed by atoms with Gasteiger partial charge in [-0.05, 0) is 49.8 Å². The first-order chi connectivity index (χ1) is 12.8. The summed E-state index contributed by atoms with van der Waals surface area (Å²) in [5.41, 5.74) is 1.14. The van der Waals surface area contributed by atoms with Crippen LogP contribution in [0.3, 0.4) is 0 Å². The second-order valence-corrected chi connectivity index (χ2v) is 7.86. The van der Waals surface area contributed by atoms with Crippen LogP contribution in [-0.4, -0.2) is 33.8 Å². The Morgan fingerprint density at radius 1 is 1.19 bits per heavy atom. The molecule has 0 unspecified atom stereocenters. The lowest BCUT2D eigenvalue weighted by atomic mass is 9.85. The maximum absolute atomic E-state index is 13.0. The number of nitrogens with zero attached hydrogens (tertiary/aromatic N) is 1. The van der Waals surface area contributed by atoms with Crippen molar-refractivity contribution in [1.82, 2.24) is 4.90 Å². The van der Waals surface area contributed by atoms with E-state index in [1.165, 1.54) is 4.90 Å². The van der Waals surface area contributed by atoms with Gasteiger partial charge in [0.25, 0.3) is 0 Å². The van der Waals surface area contributed by atoms with Crippen LogP contribution in [0, 0.1) is 24.7 Å². The van der Waals surface area contributed by atoms with Gasteiger partial charge in [-0.3, -0.25) is 19.3 Å². The number of amides is 3. The molecule has 6 nitrogen and oxygen atoms in total. The Bertz CT molecular complexity index is 773. The maximum atomic E-state index is 13.0. The lowest BCUT2D eigenvalue weighted by Gasteiger charge is -2.27. The van der Waals surface area contributed by atoms with Crippen LogP contribution in [0.4, 0.5) is 5.69 Å². The molecule has 0 bridgehead atoms. The number of nitrogens with one attached hydrogen (secondary N) is 1. The molecule has 0 aromatic heterocycles. The number of rotatable bonds is 5. The van der Waals surface area contributed by atoms with Crippen LogP contribution in [0.15, 0.2) is 30.4 Å². The number of carbonyl (C=O) groups excluding carboxylic acids is 3. The van der Waals surface area contributed by atoms with E-state index < -0.39 is 11.9 Å². The van der Waals surface area contributed by atoms with Gasteiger partial charge in [-0.1, -0.05) is 32.1 Å². The van der Waals surface area contributed by atoms with Crippen molar-refractivity contribution in [2.75, 3.05) is 5.32 Å². The van der Waals surface area contributed by atoms with Crippen molar-refractivity contribution in [2.24, 2.45) is 17.8 Å². The van der Waals surface area contributed by atoms with Gasteiger partial charge < -0.3 is 10.4 Å². The van der Waals surface area contributed by atoms with E-state index in [4.69, 9.17) is 0 Å². The highest BCUT2D eigenvalue weighted by atomic mass is 16.3. The number of aryl methyl sites for hydroxylation is 1. The number of phenols is 1. The molecule has 1 fully saturated rings. The fourth-order valence-corrected chi connectivity index (χ4v) is 3.87. The number of allylic oxidation sites excluding steroid dienone is 2. The molecule has 1 heterocycles. The van der Waals surface area contributed by atoms with Gasteiger partial charge in [0, 0.05) is 0 Å². The number of phenolic OH excluding ortho intramolecular Hbond substituents is 1. The van der Waals surface area contributed by atoms with E-state index in [9.17, 15) is 19.5 Å². The minimum Gasteiger partial charge on any atom is -0.506 e. The van der Waals surface area contributed by atoms with E-state index in [0.29, 0.717) is 19.3 Å². The molecule has 1 aromatic rings. The lowest BCUT2D eigenvalue weighted by molar-refractivity contribution is -0.147. The number of imide groups is 1. The van der Waals surface area contributed by atoms with Gasteiger partial charge in [0.05, 0.1) is 17.5 Å². The molecule has 2 N–H and O–H groups in total. The minimum absolute atomic E-state index is 0.0383. The van der Waals surface area contributed by atoms with Gasteiger partial charge in [-0.2, -0.15) is 0 Å². The first kappa shape index (κ1) is 19.1. The standard InChI is InChI=1S/C21H26N2O4/c1-12(2)10-17(19(25)22-16-9-8-13(3)11-18(16)24)23-20(26)14-6-4-5-7-15(14)21(23)27/h4-5,8-9,11-12,14-15,17,24H,6-7,10H2,1-3H3,(H,22,25)/t14-,15+,17-/m1/s1. The maximum Gasteiger partial charge on any atom is 0.247 e. The van der Waals surface area contributed by atoms with E-state index in [-0.39, 0.29) is 41.0 Å². The Morgan fingerprint density at radius 2 is 1.78 bits per heavy atom. The van der Waals surface area contributed by atoms with E-state index in [1.54, 1.807) is 18.2 Å². The third kappa shape index (κ3) is 3.75. The summed E-state index contributed by atoms with van der Waals surface area (Å²) in [5, 5.41) is 12.8. The molecule has 3 rings (SSSR count). The quantitative estimate of drug-likeness (QED) is 0.474. The molecule has 1 aliphatic heterocycles. The smallest absolute Gasteiger partial charge is 0.247 e. The monoisotopic (exact) mass is 370 g/mol. The molecule has 1 aliphatic carbocycles. The number of likely N-dealkylation sites (tertiary alicyclic amines) is 1. The molecule has 2 aliphatic rings. The Hall–Kier alpha value is -2.63. The highest BCUT2D eigenvalue weighted by molar-refractivity contribution is 6.10. The highest BCUT2D eigenvalue weighted by Gasteiger charge is 2.51. The Labute approximate surface area is 159 Å². The third-order valence-corrected chi connectivity index (χ3v) is 5.26. The van der Waals surface area contributed by atoms with Gasteiger partial charge in [-0.15, -0.1) is 0 Å². The molecule has 27 heavy (non-hydrogen) atoms. The van der Waals surface area contributed by atoms with E-state index >= 15 is 0 Å². The van der Waals surface area contributed by atoms with Crippen LogP contribution in [0.5, 0.6) is 5.75 Å². The van der Waals surface area contributed by atoms with Crippen LogP contribution in [0.1, 0.15) is 38.7 Å². The van der Waals surface area contributed by atoms with E-state index in [0.717, 1.165) is 5.56 Å². The predicted molar refractivity (Wildman–Crippen MR) is 102 cm³/mol. The average Bonchev–Trinajstić information content (AvgIpc) is 2.86. The van der Waals surface area contributed by atoms with Crippen LogP contribution in [0.2, 0.25) is 0 Å². The molecule has 1 aromatic carbocycles. The molecule has 0 radical (unpaired) electrons. The summed E-state index contributed by atoms with van der Waals surface area (Å²) in [6.07, 6.45) is 5.32. The van der Waals surface area contributed by atoms with Gasteiger partial charge in [0.2, 0.25) is 17.7 Å². The second kappa shape index (κ2) is 7.55. The van der Waals surface area contributed by atoms with Crippen molar-refractivity contribution in [3.63, 3.8) is 0 Å². The zero-order valence-corrected chi connectivity index (χ0v) is 15.9. The molecule has 0 spiro atoms. The summed E-state index contributed by atoms with van der Waals surface area (Å²) >= 11 is 0. The van der Waals surface area contributed by atoms with Crippen molar-refractivity contribution in [2.45, 2.75) is 46.1 Å². The molecule has 144 valence electrons. The largest absolute Gasteiger partial charge is 0.506 e. The summed E-state index contributed by atoms with van der Waals surface area (Å²) < 4.78 is 0. The molecular weight excluding hydrogens is 344 g/mol. The van der Waals surface area contributed by atoms with Gasteiger partial charge >= 0.3 is 0 Å². The number of aromatic hydroxyl groups is 1. The molecule has 6 heteroatoms. The number of carbonyl (C=O) groups is 3.